The molecular formula is C24H23Cl2N3O6S. The van der Waals surface area contributed by atoms with E-state index in [2.05, 4.69) is 10.5 Å². The summed E-state index contributed by atoms with van der Waals surface area (Å²) >= 11 is 12.2. The third-order valence-electron chi connectivity index (χ3n) is 4.94. The minimum atomic E-state index is -4.31. The summed E-state index contributed by atoms with van der Waals surface area (Å²) in [5, 5.41) is 4.58. The number of sulfonamides is 1. The van der Waals surface area contributed by atoms with Gasteiger partial charge in [0.05, 0.1) is 38.1 Å². The van der Waals surface area contributed by atoms with Crippen LogP contribution in [0.3, 0.4) is 0 Å². The molecule has 0 heterocycles. The van der Waals surface area contributed by atoms with Crippen molar-refractivity contribution >= 4 is 51.0 Å². The number of halogens is 2. The molecule has 1 amide bonds. The zero-order valence-corrected chi connectivity index (χ0v) is 21.9. The number of hydrogen-bond donors (Lipinski definition) is 1. The van der Waals surface area contributed by atoms with Gasteiger partial charge in [-0.3, -0.25) is 9.10 Å². The van der Waals surface area contributed by atoms with E-state index in [1.807, 2.05) is 0 Å². The van der Waals surface area contributed by atoms with E-state index in [0.717, 1.165) is 4.31 Å². The van der Waals surface area contributed by atoms with Gasteiger partial charge in [-0.15, -0.1) is 0 Å². The summed E-state index contributed by atoms with van der Waals surface area (Å²) in [6.45, 7) is -0.632. The van der Waals surface area contributed by atoms with Crippen molar-refractivity contribution in [3.63, 3.8) is 0 Å². The normalized spacial score (nSPS) is 11.2. The monoisotopic (exact) mass is 551 g/mol. The van der Waals surface area contributed by atoms with Crippen LogP contribution in [0.5, 0.6) is 17.2 Å². The van der Waals surface area contributed by atoms with Gasteiger partial charge in [0, 0.05) is 21.7 Å². The molecule has 0 aromatic heterocycles. The Hall–Kier alpha value is -3.47. The Morgan fingerprint density at radius 1 is 0.944 bits per heavy atom. The molecule has 0 radical (unpaired) electrons. The number of nitrogens with zero attached hydrogens (tertiary/aromatic N) is 2. The van der Waals surface area contributed by atoms with Crippen LogP contribution in [0.2, 0.25) is 10.0 Å². The molecule has 1 N–H and O–H groups in total. The number of benzene rings is 3. The van der Waals surface area contributed by atoms with Crippen LogP contribution in [0.15, 0.2) is 70.7 Å². The molecule has 9 nitrogen and oxygen atoms in total. The van der Waals surface area contributed by atoms with Crippen molar-refractivity contribution in [3.05, 3.63) is 76.3 Å². The summed E-state index contributed by atoms with van der Waals surface area (Å²) in [6, 6.07) is 15.4. The largest absolute Gasteiger partial charge is 0.495 e. The fourth-order valence-electron chi connectivity index (χ4n) is 3.18. The zero-order valence-electron chi connectivity index (χ0n) is 19.6. The molecule has 0 spiro atoms. The van der Waals surface area contributed by atoms with Crippen LogP contribution in [0.25, 0.3) is 0 Å². The minimum Gasteiger partial charge on any atom is -0.495 e. The van der Waals surface area contributed by atoms with Crippen molar-refractivity contribution < 1.29 is 27.4 Å². The van der Waals surface area contributed by atoms with Gasteiger partial charge in [-0.1, -0.05) is 41.4 Å². The highest BCUT2D eigenvalue weighted by Gasteiger charge is 2.30. The number of amides is 1. The van der Waals surface area contributed by atoms with E-state index < -0.39 is 22.5 Å². The molecule has 36 heavy (non-hydrogen) atoms. The Bertz CT molecular complexity index is 1380. The number of carbonyl (C=O) groups is 1. The minimum absolute atomic E-state index is 0.0602. The molecule has 3 aromatic rings. The average molecular weight is 552 g/mol. The number of hydrazone groups is 1. The van der Waals surface area contributed by atoms with Gasteiger partial charge < -0.3 is 14.2 Å². The molecule has 0 aliphatic rings. The lowest BCUT2D eigenvalue weighted by Gasteiger charge is -2.25. The number of anilines is 1. The first-order chi connectivity index (χ1) is 17.2. The van der Waals surface area contributed by atoms with Gasteiger partial charge in [-0.2, -0.15) is 5.10 Å². The molecule has 0 atom stereocenters. The molecular weight excluding hydrogens is 529 g/mol. The van der Waals surface area contributed by atoms with Crippen LogP contribution in [-0.2, 0) is 14.8 Å². The molecule has 0 unspecified atom stereocenters. The Labute approximate surface area is 219 Å². The first kappa shape index (κ1) is 27.1. The lowest BCUT2D eigenvalue weighted by Crippen LogP contribution is -2.39. The van der Waals surface area contributed by atoms with Crippen LogP contribution < -0.4 is 23.9 Å². The lowest BCUT2D eigenvalue weighted by molar-refractivity contribution is -0.119. The molecule has 0 fully saturated rings. The summed E-state index contributed by atoms with van der Waals surface area (Å²) in [4.78, 5) is 12.7. The highest BCUT2D eigenvalue weighted by atomic mass is 35.5. The van der Waals surface area contributed by atoms with E-state index in [9.17, 15) is 13.2 Å². The Morgan fingerprint density at radius 2 is 1.61 bits per heavy atom. The number of nitrogens with one attached hydrogen (secondary N) is 1. The average Bonchev–Trinajstić information content (AvgIpc) is 2.87. The highest BCUT2D eigenvalue weighted by molar-refractivity contribution is 7.92. The number of carbonyl (C=O) groups excluding carboxylic acids is 1. The SMILES string of the molecule is COc1ccc(S(=O)(=O)N(CC(=O)N/N=C/c2ccccc2Cl)c2cc(Cl)ccc2OC)cc1OC. The van der Waals surface area contributed by atoms with Crippen molar-refractivity contribution in [1.82, 2.24) is 5.43 Å². The van der Waals surface area contributed by atoms with Crippen LogP contribution >= 0.6 is 23.2 Å². The Kier molecular flexibility index (Phi) is 9.03. The summed E-state index contributed by atoms with van der Waals surface area (Å²) in [6.07, 6.45) is 1.35. The van der Waals surface area contributed by atoms with Gasteiger partial charge >= 0.3 is 0 Å². The van der Waals surface area contributed by atoms with Gasteiger partial charge in [0.1, 0.15) is 12.3 Å². The molecule has 0 aliphatic carbocycles. The summed E-state index contributed by atoms with van der Waals surface area (Å²) < 4.78 is 44.2. The molecule has 3 aromatic carbocycles. The second-order valence-electron chi connectivity index (χ2n) is 7.16. The smallest absolute Gasteiger partial charge is 0.265 e. The van der Waals surface area contributed by atoms with Crippen molar-refractivity contribution in [3.8, 4) is 17.2 Å². The molecule has 12 heteroatoms. The molecule has 190 valence electrons. The summed E-state index contributed by atoms with van der Waals surface area (Å²) in [5.74, 6) is 0.0144. The van der Waals surface area contributed by atoms with Crippen molar-refractivity contribution in [2.24, 2.45) is 5.10 Å². The van der Waals surface area contributed by atoms with Crippen molar-refractivity contribution in [2.75, 3.05) is 32.2 Å². The first-order valence-electron chi connectivity index (χ1n) is 10.4. The van der Waals surface area contributed by atoms with E-state index >= 15 is 0 Å². The fourth-order valence-corrected chi connectivity index (χ4v) is 4.97. The fraction of sp³-hybridized carbons (Fsp3) is 0.167. The van der Waals surface area contributed by atoms with Gasteiger partial charge in [0.2, 0.25) is 0 Å². The number of ether oxygens (including phenoxy) is 3. The van der Waals surface area contributed by atoms with Gasteiger partial charge in [-0.25, -0.2) is 13.8 Å². The maximum atomic E-state index is 13.8. The molecule has 3 rings (SSSR count). The third-order valence-corrected chi connectivity index (χ3v) is 7.27. The topological polar surface area (TPSA) is 107 Å². The van der Waals surface area contributed by atoms with Crippen molar-refractivity contribution in [2.45, 2.75) is 4.90 Å². The van der Waals surface area contributed by atoms with Gasteiger partial charge in [0.25, 0.3) is 15.9 Å². The zero-order chi connectivity index (χ0) is 26.3. The predicted octanol–water partition coefficient (Wildman–Crippen LogP) is 4.36. The van der Waals surface area contributed by atoms with Crippen LogP contribution in [-0.4, -0.2) is 48.4 Å². The van der Waals surface area contributed by atoms with E-state index in [1.165, 1.54) is 57.9 Å². The number of methoxy groups -OCH3 is 3. The quantitative estimate of drug-likeness (QED) is 0.296. The maximum absolute atomic E-state index is 13.8. The molecule has 0 bridgehead atoms. The summed E-state index contributed by atoms with van der Waals surface area (Å²) in [7, 11) is -0.119. The van der Waals surface area contributed by atoms with Crippen LogP contribution in [0, 0.1) is 0 Å². The second kappa shape index (κ2) is 12.0. The van der Waals surface area contributed by atoms with E-state index in [-0.39, 0.29) is 27.1 Å². The Balaban J connectivity index is 1.99. The third kappa shape index (κ3) is 6.20. The van der Waals surface area contributed by atoms with E-state index in [0.29, 0.717) is 16.3 Å². The maximum Gasteiger partial charge on any atom is 0.265 e. The second-order valence-corrected chi connectivity index (χ2v) is 9.87. The van der Waals surface area contributed by atoms with Crippen molar-refractivity contribution in [1.29, 1.82) is 0 Å². The van der Waals surface area contributed by atoms with E-state index in [4.69, 9.17) is 37.4 Å². The highest BCUT2D eigenvalue weighted by Crippen LogP contribution is 2.36. The van der Waals surface area contributed by atoms with Crippen LogP contribution in [0.4, 0.5) is 5.69 Å². The number of hydrogen-bond acceptors (Lipinski definition) is 7. The van der Waals surface area contributed by atoms with E-state index in [1.54, 1.807) is 30.3 Å². The standard InChI is InChI=1S/C24H23Cl2N3O6S/c1-33-21-10-8-17(25)12-20(21)29(15-24(30)28-27-14-16-6-4-5-7-19(16)26)36(31,32)18-9-11-22(34-2)23(13-18)35-3/h4-14H,15H2,1-3H3,(H,28,30)/b27-14+. The summed E-state index contributed by atoms with van der Waals surface area (Å²) in [5.41, 5.74) is 2.96. The lowest BCUT2D eigenvalue weighted by atomic mass is 10.2. The first-order valence-corrected chi connectivity index (χ1v) is 12.6. The molecule has 0 aliphatic heterocycles. The Morgan fingerprint density at radius 3 is 2.28 bits per heavy atom. The molecule has 0 saturated heterocycles. The van der Waals surface area contributed by atoms with Crippen LogP contribution in [0.1, 0.15) is 5.56 Å². The van der Waals surface area contributed by atoms with Gasteiger partial charge in [-0.05, 0) is 36.4 Å². The number of rotatable bonds is 10. The predicted molar refractivity (Wildman–Crippen MR) is 139 cm³/mol. The molecule has 0 saturated carbocycles. The van der Waals surface area contributed by atoms with Gasteiger partial charge in [0.15, 0.2) is 11.5 Å².